The standard InChI is InChI=1S/C20H20N4O3S/c1-13-4-6-16(7-5-13)20(25)23-17-8-10-18(11-9-17)28(26,27)24-19-12-14(2)21-15(3)22-19/h4-12H,1-3H3,(H,23,25)(H,21,22,24). The molecule has 3 aromatic rings. The van der Waals surface area contributed by atoms with Gasteiger partial charge in [0.2, 0.25) is 0 Å². The van der Waals surface area contributed by atoms with Gasteiger partial charge in [-0.25, -0.2) is 18.4 Å². The van der Waals surface area contributed by atoms with E-state index in [1.807, 2.05) is 19.1 Å². The molecule has 0 aliphatic rings. The van der Waals surface area contributed by atoms with Crippen LogP contribution in [0.4, 0.5) is 11.5 Å². The maximum absolute atomic E-state index is 12.6. The Bertz CT molecular complexity index is 1090. The van der Waals surface area contributed by atoms with Crippen molar-refractivity contribution in [3.8, 4) is 0 Å². The summed E-state index contributed by atoms with van der Waals surface area (Å²) < 4.78 is 27.5. The first-order valence-corrected chi connectivity index (χ1v) is 10.0. The van der Waals surface area contributed by atoms with Gasteiger partial charge >= 0.3 is 0 Å². The smallest absolute Gasteiger partial charge is 0.263 e. The second kappa shape index (κ2) is 7.77. The molecule has 0 saturated carbocycles. The largest absolute Gasteiger partial charge is 0.322 e. The molecule has 8 heteroatoms. The number of aryl methyl sites for hydroxylation is 3. The van der Waals surface area contributed by atoms with Crippen molar-refractivity contribution in [2.45, 2.75) is 25.7 Å². The van der Waals surface area contributed by atoms with E-state index >= 15 is 0 Å². The molecule has 0 atom stereocenters. The Hall–Kier alpha value is -3.26. The van der Waals surface area contributed by atoms with E-state index in [1.54, 1.807) is 32.0 Å². The number of carbonyl (C=O) groups excluding carboxylic acids is 1. The Morgan fingerprint density at radius 2 is 1.54 bits per heavy atom. The molecule has 0 spiro atoms. The minimum absolute atomic E-state index is 0.0646. The first-order chi connectivity index (χ1) is 13.2. The Kier molecular flexibility index (Phi) is 5.41. The number of hydrogen-bond acceptors (Lipinski definition) is 5. The first-order valence-electron chi connectivity index (χ1n) is 8.56. The van der Waals surface area contributed by atoms with Gasteiger partial charge in [-0.1, -0.05) is 17.7 Å². The number of nitrogens with zero attached hydrogens (tertiary/aromatic N) is 2. The molecule has 2 N–H and O–H groups in total. The number of aromatic nitrogens is 2. The second-order valence-electron chi connectivity index (χ2n) is 6.39. The summed E-state index contributed by atoms with van der Waals surface area (Å²) in [5.74, 6) is 0.425. The van der Waals surface area contributed by atoms with Gasteiger partial charge in [0.1, 0.15) is 11.6 Å². The van der Waals surface area contributed by atoms with Crippen LogP contribution < -0.4 is 10.0 Å². The quantitative estimate of drug-likeness (QED) is 0.688. The lowest BCUT2D eigenvalue weighted by molar-refractivity contribution is 0.102. The molecule has 0 unspecified atom stereocenters. The SMILES string of the molecule is Cc1ccc(C(=O)Nc2ccc(S(=O)(=O)Nc3cc(C)nc(C)n3)cc2)cc1. The van der Waals surface area contributed by atoms with Crippen LogP contribution in [-0.4, -0.2) is 24.3 Å². The van der Waals surface area contributed by atoms with Crippen LogP contribution >= 0.6 is 0 Å². The Balaban J connectivity index is 1.73. The van der Waals surface area contributed by atoms with E-state index in [9.17, 15) is 13.2 Å². The topological polar surface area (TPSA) is 101 Å². The summed E-state index contributed by atoms with van der Waals surface area (Å²) in [6.45, 7) is 5.40. The average Bonchev–Trinajstić information content (AvgIpc) is 2.61. The van der Waals surface area contributed by atoms with Crippen LogP contribution in [0, 0.1) is 20.8 Å². The van der Waals surface area contributed by atoms with Crippen molar-refractivity contribution < 1.29 is 13.2 Å². The molecule has 0 radical (unpaired) electrons. The minimum Gasteiger partial charge on any atom is -0.322 e. The molecule has 1 heterocycles. The summed E-state index contributed by atoms with van der Waals surface area (Å²) in [5, 5.41) is 2.75. The predicted octanol–water partition coefficient (Wildman–Crippen LogP) is 3.45. The van der Waals surface area contributed by atoms with Crippen LogP contribution in [0.25, 0.3) is 0 Å². The maximum Gasteiger partial charge on any atom is 0.263 e. The first kappa shape index (κ1) is 19.5. The number of nitrogens with one attached hydrogen (secondary N) is 2. The zero-order valence-electron chi connectivity index (χ0n) is 15.7. The molecule has 1 aromatic heterocycles. The van der Waals surface area contributed by atoms with Crippen molar-refractivity contribution in [1.29, 1.82) is 0 Å². The van der Waals surface area contributed by atoms with Crippen LogP contribution in [0.3, 0.4) is 0 Å². The molecular weight excluding hydrogens is 376 g/mol. The maximum atomic E-state index is 12.6. The van der Waals surface area contributed by atoms with E-state index in [1.165, 1.54) is 24.3 Å². The zero-order valence-corrected chi connectivity index (χ0v) is 16.5. The fourth-order valence-corrected chi connectivity index (χ4v) is 3.58. The van der Waals surface area contributed by atoms with E-state index in [0.717, 1.165) is 5.56 Å². The minimum atomic E-state index is -3.80. The number of anilines is 2. The van der Waals surface area contributed by atoms with Crippen molar-refractivity contribution >= 4 is 27.4 Å². The Morgan fingerprint density at radius 1 is 0.893 bits per heavy atom. The van der Waals surface area contributed by atoms with Gasteiger partial charge in [0.15, 0.2) is 0 Å². The van der Waals surface area contributed by atoms with Gasteiger partial charge in [0, 0.05) is 23.0 Å². The van der Waals surface area contributed by atoms with E-state index in [-0.39, 0.29) is 16.6 Å². The number of hydrogen-bond donors (Lipinski definition) is 2. The van der Waals surface area contributed by atoms with E-state index in [0.29, 0.717) is 22.8 Å². The van der Waals surface area contributed by atoms with Gasteiger partial charge in [-0.15, -0.1) is 0 Å². The molecule has 3 rings (SSSR count). The lowest BCUT2D eigenvalue weighted by Gasteiger charge is -2.10. The van der Waals surface area contributed by atoms with Gasteiger partial charge in [-0.05, 0) is 57.2 Å². The monoisotopic (exact) mass is 396 g/mol. The van der Waals surface area contributed by atoms with Crippen LogP contribution in [0.15, 0.2) is 59.5 Å². The number of rotatable bonds is 5. The van der Waals surface area contributed by atoms with Crippen molar-refractivity contribution in [3.05, 3.63) is 77.2 Å². The Labute approximate surface area is 163 Å². The third-order valence-electron chi connectivity index (χ3n) is 3.94. The van der Waals surface area contributed by atoms with Gasteiger partial charge in [0.05, 0.1) is 4.90 Å². The van der Waals surface area contributed by atoms with E-state index in [4.69, 9.17) is 0 Å². The molecule has 0 bridgehead atoms. The molecule has 1 amide bonds. The number of carbonyl (C=O) groups is 1. The molecule has 0 fully saturated rings. The van der Waals surface area contributed by atoms with Crippen LogP contribution in [0.1, 0.15) is 27.4 Å². The molecule has 7 nitrogen and oxygen atoms in total. The molecule has 2 aromatic carbocycles. The van der Waals surface area contributed by atoms with E-state index in [2.05, 4.69) is 20.0 Å². The van der Waals surface area contributed by atoms with Gasteiger partial charge in [0.25, 0.3) is 15.9 Å². The third kappa shape index (κ3) is 4.72. The van der Waals surface area contributed by atoms with Gasteiger partial charge in [-0.2, -0.15) is 0 Å². The zero-order chi connectivity index (χ0) is 20.3. The van der Waals surface area contributed by atoms with Crippen LogP contribution in [0.2, 0.25) is 0 Å². The second-order valence-corrected chi connectivity index (χ2v) is 8.07. The summed E-state index contributed by atoms with van der Waals surface area (Å²) in [5.41, 5.74) is 2.75. The lowest BCUT2D eigenvalue weighted by atomic mass is 10.1. The van der Waals surface area contributed by atoms with Crippen molar-refractivity contribution in [3.63, 3.8) is 0 Å². The summed E-state index contributed by atoms with van der Waals surface area (Å²) in [6, 6.07) is 14.7. The van der Waals surface area contributed by atoms with Crippen molar-refractivity contribution in [1.82, 2.24) is 9.97 Å². The number of benzene rings is 2. The number of amides is 1. The predicted molar refractivity (Wildman–Crippen MR) is 108 cm³/mol. The highest BCUT2D eigenvalue weighted by Crippen LogP contribution is 2.18. The highest BCUT2D eigenvalue weighted by atomic mass is 32.2. The highest BCUT2D eigenvalue weighted by molar-refractivity contribution is 7.92. The molecule has 28 heavy (non-hydrogen) atoms. The number of sulfonamides is 1. The highest BCUT2D eigenvalue weighted by Gasteiger charge is 2.16. The fourth-order valence-electron chi connectivity index (χ4n) is 2.59. The van der Waals surface area contributed by atoms with E-state index < -0.39 is 10.0 Å². The lowest BCUT2D eigenvalue weighted by Crippen LogP contribution is -2.15. The molecule has 0 aliphatic heterocycles. The Morgan fingerprint density at radius 3 is 2.14 bits per heavy atom. The summed E-state index contributed by atoms with van der Waals surface area (Å²) >= 11 is 0. The summed E-state index contributed by atoms with van der Waals surface area (Å²) in [6.07, 6.45) is 0. The van der Waals surface area contributed by atoms with Crippen LogP contribution in [-0.2, 0) is 10.0 Å². The molecule has 144 valence electrons. The summed E-state index contributed by atoms with van der Waals surface area (Å²) in [7, 11) is -3.80. The third-order valence-corrected chi connectivity index (χ3v) is 5.31. The van der Waals surface area contributed by atoms with Crippen molar-refractivity contribution in [2.75, 3.05) is 10.0 Å². The van der Waals surface area contributed by atoms with Crippen molar-refractivity contribution in [2.24, 2.45) is 0 Å². The molecule has 0 aliphatic carbocycles. The summed E-state index contributed by atoms with van der Waals surface area (Å²) in [4.78, 5) is 20.5. The molecule has 0 saturated heterocycles. The van der Waals surface area contributed by atoms with Gasteiger partial charge < -0.3 is 5.32 Å². The average molecular weight is 396 g/mol. The normalized spacial score (nSPS) is 11.1. The van der Waals surface area contributed by atoms with Crippen LogP contribution in [0.5, 0.6) is 0 Å². The van der Waals surface area contributed by atoms with Gasteiger partial charge in [-0.3, -0.25) is 9.52 Å². The fraction of sp³-hybridized carbons (Fsp3) is 0.150. The molecular formula is C20H20N4O3S.